The summed E-state index contributed by atoms with van der Waals surface area (Å²) in [6, 6.07) is 36.4. The van der Waals surface area contributed by atoms with Crippen LogP contribution < -0.4 is 4.74 Å². The lowest BCUT2D eigenvalue weighted by atomic mass is 10.0. The highest BCUT2D eigenvalue weighted by molar-refractivity contribution is 6.09. The van der Waals surface area contributed by atoms with Crippen molar-refractivity contribution >= 4 is 21.8 Å². The van der Waals surface area contributed by atoms with E-state index in [4.69, 9.17) is 14.8 Å². The van der Waals surface area contributed by atoms with E-state index >= 15 is 0 Å². The molecular weight excluding hydrogens is 601 g/mol. The topological polar surface area (TPSA) is 44.9 Å². The first-order chi connectivity index (χ1) is 23.7. The maximum atomic E-state index is 6.60. The zero-order valence-electron chi connectivity index (χ0n) is 29.6. The van der Waals surface area contributed by atoms with Crippen molar-refractivity contribution in [2.45, 2.75) is 67.2 Å². The van der Waals surface area contributed by atoms with E-state index in [2.05, 4.69) is 131 Å². The second-order valence-corrected chi connectivity index (χ2v) is 14.2. The van der Waals surface area contributed by atoms with E-state index in [1.54, 1.807) is 0 Å². The second kappa shape index (κ2) is 13.8. The van der Waals surface area contributed by atoms with E-state index in [0.29, 0.717) is 11.8 Å². The van der Waals surface area contributed by atoms with Gasteiger partial charge in [0, 0.05) is 40.4 Å². The van der Waals surface area contributed by atoms with Gasteiger partial charge in [0.15, 0.2) is 0 Å². The van der Waals surface area contributed by atoms with Crippen LogP contribution in [-0.4, -0.2) is 19.3 Å². The fraction of sp³-hybridized carbons (Fsp3) is 0.273. The van der Waals surface area contributed by atoms with E-state index in [0.717, 1.165) is 64.7 Å². The lowest BCUT2D eigenvalue weighted by molar-refractivity contribution is 0.482. The molecule has 0 saturated heterocycles. The Morgan fingerprint density at radius 1 is 0.653 bits per heavy atom. The first-order valence-electron chi connectivity index (χ1n) is 17.7. The zero-order valence-corrected chi connectivity index (χ0v) is 29.6. The van der Waals surface area contributed by atoms with E-state index < -0.39 is 0 Å². The van der Waals surface area contributed by atoms with Crippen LogP contribution in [0.5, 0.6) is 11.5 Å². The fourth-order valence-corrected chi connectivity index (χ4v) is 6.89. The Bertz CT molecular complexity index is 2240. The molecule has 7 aromatic rings. The predicted molar refractivity (Wildman–Crippen MR) is 203 cm³/mol. The van der Waals surface area contributed by atoms with Crippen LogP contribution in [0.4, 0.5) is 0 Å². The molecule has 0 fully saturated rings. The molecule has 5 heteroatoms. The minimum atomic E-state index is 0.652. The van der Waals surface area contributed by atoms with Crippen LogP contribution in [0, 0.1) is 25.7 Å². The van der Waals surface area contributed by atoms with Crippen LogP contribution in [-0.2, 0) is 12.8 Å². The number of benzene rings is 4. The number of aryl methyl sites for hydroxylation is 3. The van der Waals surface area contributed by atoms with Crippen molar-refractivity contribution in [3.63, 3.8) is 0 Å². The van der Waals surface area contributed by atoms with Gasteiger partial charge in [-0.3, -0.25) is 4.57 Å². The molecule has 248 valence electrons. The summed E-state index contributed by atoms with van der Waals surface area (Å²) in [5.41, 5.74) is 10.3. The molecule has 7 rings (SSSR count). The number of hydrogen-bond donors (Lipinski definition) is 0. The van der Waals surface area contributed by atoms with E-state index in [1.807, 2.05) is 29.1 Å². The number of aromatic nitrogens is 4. The molecule has 0 atom stereocenters. The van der Waals surface area contributed by atoms with Gasteiger partial charge >= 0.3 is 0 Å². The predicted octanol–water partition coefficient (Wildman–Crippen LogP) is 11.6. The van der Waals surface area contributed by atoms with Gasteiger partial charge in [0.25, 0.3) is 0 Å². The Kier molecular flexibility index (Phi) is 9.09. The minimum absolute atomic E-state index is 0.652. The monoisotopic (exact) mass is 646 g/mol. The molecule has 0 aliphatic heterocycles. The van der Waals surface area contributed by atoms with Crippen molar-refractivity contribution in [2.75, 3.05) is 0 Å². The maximum Gasteiger partial charge on any atom is 0.137 e. The van der Waals surface area contributed by atoms with Crippen LogP contribution in [0.15, 0.2) is 109 Å². The summed E-state index contributed by atoms with van der Waals surface area (Å²) in [7, 11) is 0. The number of hydrogen-bond acceptors (Lipinski definition) is 3. The molecule has 0 aliphatic rings. The number of fused-ring (bicyclic) bond motifs is 3. The normalized spacial score (nSPS) is 11.8. The van der Waals surface area contributed by atoms with Crippen LogP contribution >= 0.6 is 0 Å². The molecule has 0 aliphatic carbocycles. The Balaban J connectivity index is 1.28. The largest absolute Gasteiger partial charge is 0.457 e. The molecule has 5 nitrogen and oxygen atoms in total. The van der Waals surface area contributed by atoms with Gasteiger partial charge in [0.05, 0.1) is 22.4 Å². The van der Waals surface area contributed by atoms with E-state index in [-0.39, 0.29) is 0 Å². The first-order valence-corrected chi connectivity index (χ1v) is 17.7. The SMILES string of the molecule is Cc1nn(-c2cccc(Oc3ccc4c5cc(CCC(C)C)ccc5n(-c5cc(CCC(C)C)ccn5)c4c3)c2)c(C)c1-c1ccccc1. The number of ether oxygens (including phenoxy) is 1. The minimum Gasteiger partial charge on any atom is -0.457 e. The molecule has 4 aromatic carbocycles. The molecule has 0 amide bonds. The molecule has 0 saturated carbocycles. The van der Waals surface area contributed by atoms with Crippen molar-refractivity contribution in [1.29, 1.82) is 0 Å². The average molecular weight is 647 g/mol. The summed E-state index contributed by atoms with van der Waals surface area (Å²) < 4.78 is 10.9. The van der Waals surface area contributed by atoms with Gasteiger partial charge in [-0.15, -0.1) is 0 Å². The van der Waals surface area contributed by atoms with E-state index in [9.17, 15) is 0 Å². The summed E-state index contributed by atoms with van der Waals surface area (Å²) in [4.78, 5) is 4.90. The third-order valence-electron chi connectivity index (χ3n) is 9.51. The number of rotatable bonds is 11. The highest BCUT2D eigenvalue weighted by atomic mass is 16.5. The van der Waals surface area contributed by atoms with E-state index in [1.165, 1.54) is 39.4 Å². The van der Waals surface area contributed by atoms with Gasteiger partial charge in [0.2, 0.25) is 0 Å². The smallest absolute Gasteiger partial charge is 0.137 e. The molecule has 0 N–H and O–H groups in total. The Labute approximate surface area is 290 Å². The summed E-state index contributed by atoms with van der Waals surface area (Å²) in [6.45, 7) is 13.3. The Morgan fingerprint density at radius 2 is 1.39 bits per heavy atom. The van der Waals surface area contributed by atoms with Crippen LogP contribution in [0.25, 0.3) is 44.4 Å². The average Bonchev–Trinajstić information content (AvgIpc) is 3.59. The second-order valence-electron chi connectivity index (χ2n) is 14.2. The lowest BCUT2D eigenvalue weighted by Gasteiger charge is -2.12. The number of pyridine rings is 1. The highest BCUT2D eigenvalue weighted by Crippen LogP contribution is 2.37. The van der Waals surface area contributed by atoms with Gasteiger partial charge in [-0.25, -0.2) is 9.67 Å². The van der Waals surface area contributed by atoms with Gasteiger partial charge in [0.1, 0.15) is 17.3 Å². The van der Waals surface area contributed by atoms with Gasteiger partial charge in [-0.2, -0.15) is 5.10 Å². The quantitative estimate of drug-likeness (QED) is 0.140. The molecule has 3 heterocycles. The molecule has 0 radical (unpaired) electrons. The molecular formula is C44H46N4O. The molecule has 3 aromatic heterocycles. The fourth-order valence-electron chi connectivity index (χ4n) is 6.89. The highest BCUT2D eigenvalue weighted by Gasteiger charge is 2.17. The first kappa shape index (κ1) is 32.4. The Morgan fingerprint density at radius 3 is 2.14 bits per heavy atom. The van der Waals surface area contributed by atoms with Crippen molar-refractivity contribution in [2.24, 2.45) is 11.8 Å². The van der Waals surface area contributed by atoms with Crippen LogP contribution in [0.1, 0.15) is 63.1 Å². The molecule has 49 heavy (non-hydrogen) atoms. The summed E-state index contributed by atoms with van der Waals surface area (Å²) in [5.74, 6) is 3.80. The van der Waals surface area contributed by atoms with Crippen LogP contribution in [0.3, 0.4) is 0 Å². The Hall–Kier alpha value is -5.16. The van der Waals surface area contributed by atoms with Gasteiger partial charge in [-0.1, -0.05) is 70.2 Å². The van der Waals surface area contributed by atoms with Crippen molar-refractivity contribution < 1.29 is 4.74 Å². The summed E-state index contributed by atoms with van der Waals surface area (Å²) in [6.07, 6.45) is 6.39. The van der Waals surface area contributed by atoms with Crippen molar-refractivity contribution in [3.8, 4) is 34.1 Å². The van der Waals surface area contributed by atoms with Gasteiger partial charge < -0.3 is 4.74 Å². The maximum absolute atomic E-state index is 6.60. The van der Waals surface area contributed by atoms with Crippen molar-refractivity contribution in [3.05, 3.63) is 132 Å². The third kappa shape index (κ3) is 6.76. The molecule has 0 spiro atoms. The zero-order chi connectivity index (χ0) is 34.1. The van der Waals surface area contributed by atoms with Crippen molar-refractivity contribution in [1.82, 2.24) is 19.3 Å². The molecule has 0 bridgehead atoms. The van der Waals surface area contributed by atoms with Crippen LogP contribution in [0.2, 0.25) is 0 Å². The third-order valence-corrected chi connectivity index (χ3v) is 9.51. The van der Waals surface area contributed by atoms with Gasteiger partial charge in [-0.05, 0) is 117 Å². The lowest BCUT2D eigenvalue weighted by Crippen LogP contribution is -2.00. The summed E-state index contributed by atoms with van der Waals surface area (Å²) >= 11 is 0. The molecule has 0 unspecified atom stereocenters. The number of nitrogens with zero attached hydrogens (tertiary/aromatic N) is 4. The standard InChI is InChI=1S/C44H46N4O/c1-29(2)15-17-33-19-22-41-40(25-33)39-21-20-38(28-42(39)47(41)43-26-34(23-24-45-43)18-16-30(3)4)49-37-14-10-13-36(27-37)48-32(6)44(31(5)46-48)35-11-8-7-9-12-35/h7-14,19-30H,15-18H2,1-6H3. The summed E-state index contributed by atoms with van der Waals surface area (Å²) in [5, 5.41) is 7.38.